The van der Waals surface area contributed by atoms with E-state index >= 15 is 0 Å². The predicted molar refractivity (Wildman–Crippen MR) is 48.7 cm³/mol. The molecule has 1 aromatic heterocycles. The monoisotopic (exact) mass is 163 g/mol. The number of nitriles is 1. The molecule has 0 bridgehead atoms. The molecule has 12 heavy (non-hydrogen) atoms. The molecule has 1 rings (SSSR count). The van der Waals surface area contributed by atoms with Gasteiger partial charge in [-0.05, 0) is 18.6 Å². The second-order valence-electron chi connectivity index (χ2n) is 2.70. The van der Waals surface area contributed by atoms with Crippen LogP contribution in [0, 0.1) is 17.2 Å². The SMILES string of the molecule is CCC(C#N)CNc1ccc[nH]1. The van der Waals surface area contributed by atoms with Crippen molar-refractivity contribution in [2.45, 2.75) is 13.3 Å². The Bertz CT molecular complexity index is 245. The van der Waals surface area contributed by atoms with Crippen molar-refractivity contribution in [3.05, 3.63) is 18.3 Å². The van der Waals surface area contributed by atoms with Crippen LogP contribution in [0.4, 0.5) is 5.82 Å². The molecule has 0 aliphatic carbocycles. The first-order valence-corrected chi connectivity index (χ1v) is 4.13. The lowest BCUT2D eigenvalue weighted by atomic mass is 10.1. The lowest BCUT2D eigenvalue weighted by Gasteiger charge is -2.06. The van der Waals surface area contributed by atoms with E-state index < -0.39 is 0 Å². The van der Waals surface area contributed by atoms with Gasteiger partial charge in [-0.15, -0.1) is 0 Å². The maximum atomic E-state index is 8.65. The Balaban J connectivity index is 2.31. The lowest BCUT2D eigenvalue weighted by Crippen LogP contribution is -2.11. The summed E-state index contributed by atoms with van der Waals surface area (Å²) < 4.78 is 0. The molecule has 64 valence electrons. The van der Waals surface area contributed by atoms with Crippen molar-refractivity contribution in [2.75, 3.05) is 11.9 Å². The van der Waals surface area contributed by atoms with Gasteiger partial charge in [-0.25, -0.2) is 0 Å². The average Bonchev–Trinajstić information content (AvgIpc) is 2.59. The number of nitrogens with zero attached hydrogens (tertiary/aromatic N) is 1. The van der Waals surface area contributed by atoms with Crippen LogP contribution in [0.15, 0.2) is 18.3 Å². The van der Waals surface area contributed by atoms with Gasteiger partial charge in [0.05, 0.1) is 12.0 Å². The van der Waals surface area contributed by atoms with Crippen molar-refractivity contribution in [3.8, 4) is 6.07 Å². The molecule has 2 N–H and O–H groups in total. The highest BCUT2D eigenvalue weighted by Crippen LogP contribution is 2.05. The molecule has 0 fully saturated rings. The van der Waals surface area contributed by atoms with Crippen molar-refractivity contribution < 1.29 is 0 Å². The molecule has 0 spiro atoms. The Hall–Kier alpha value is -1.43. The molecule has 0 amide bonds. The molecular formula is C9H13N3. The predicted octanol–water partition coefficient (Wildman–Crippen LogP) is 1.98. The second-order valence-corrected chi connectivity index (χ2v) is 2.70. The van der Waals surface area contributed by atoms with E-state index in [2.05, 4.69) is 16.4 Å². The van der Waals surface area contributed by atoms with Crippen molar-refractivity contribution in [1.82, 2.24) is 4.98 Å². The highest BCUT2D eigenvalue weighted by molar-refractivity contribution is 5.34. The van der Waals surface area contributed by atoms with Gasteiger partial charge in [-0.1, -0.05) is 6.92 Å². The van der Waals surface area contributed by atoms with E-state index in [0.29, 0.717) is 6.54 Å². The van der Waals surface area contributed by atoms with Crippen LogP contribution in [0.3, 0.4) is 0 Å². The average molecular weight is 163 g/mol. The molecule has 1 aromatic rings. The van der Waals surface area contributed by atoms with Crippen LogP contribution >= 0.6 is 0 Å². The van der Waals surface area contributed by atoms with E-state index in [1.54, 1.807) is 0 Å². The summed E-state index contributed by atoms with van der Waals surface area (Å²) in [6.45, 7) is 2.73. The summed E-state index contributed by atoms with van der Waals surface area (Å²) in [5.41, 5.74) is 0. The summed E-state index contributed by atoms with van der Waals surface area (Å²) in [7, 11) is 0. The zero-order chi connectivity index (χ0) is 8.81. The first kappa shape index (κ1) is 8.66. The molecule has 1 unspecified atom stereocenters. The van der Waals surface area contributed by atoms with Gasteiger partial charge >= 0.3 is 0 Å². The van der Waals surface area contributed by atoms with Crippen LogP contribution < -0.4 is 5.32 Å². The van der Waals surface area contributed by atoms with Crippen molar-refractivity contribution in [1.29, 1.82) is 5.26 Å². The van der Waals surface area contributed by atoms with Crippen LogP contribution in [-0.4, -0.2) is 11.5 Å². The quantitative estimate of drug-likeness (QED) is 0.713. The Labute approximate surface area is 72.4 Å². The van der Waals surface area contributed by atoms with Gasteiger partial charge in [0.2, 0.25) is 0 Å². The fourth-order valence-corrected chi connectivity index (χ4v) is 0.955. The number of hydrogen-bond acceptors (Lipinski definition) is 2. The molecule has 1 heterocycles. The fourth-order valence-electron chi connectivity index (χ4n) is 0.955. The lowest BCUT2D eigenvalue weighted by molar-refractivity contribution is 0.673. The Kier molecular flexibility index (Phi) is 3.21. The number of anilines is 1. The molecule has 0 aromatic carbocycles. The standard InChI is InChI=1S/C9H13N3/c1-2-8(6-10)7-12-9-4-3-5-11-9/h3-5,8,11-12H,2,7H2,1H3. The summed E-state index contributed by atoms with van der Waals surface area (Å²) >= 11 is 0. The number of aromatic amines is 1. The minimum atomic E-state index is 0.105. The van der Waals surface area contributed by atoms with Crippen molar-refractivity contribution >= 4 is 5.82 Å². The van der Waals surface area contributed by atoms with Gasteiger partial charge < -0.3 is 10.3 Å². The fraction of sp³-hybridized carbons (Fsp3) is 0.444. The number of rotatable bonds is 4. The van der Waals surface area contributed by atoms with E-state index in [9.17, 15) is 0 Å². The van der Waals surface area contributed by atoms with Gasteiger partial charge in [0, 0.05) is 12.7 Å². The summed E-state index contributed by atoms with van der Waals surface area (Å²) in [5, 5.41) is 11.8. The van der Waals surface area contributed by atoms with E-state index in [4.69, 9.17) is 5.26 Å². The van der Waals surface area contributed by atoms with Gasteiger partial charge in [-0.3, -0.25) is 0 Å². The molecule has 0 aliphatic heterocycles. The van der Waals surface area contributed by atoms with E-state index in [1.165, 1.54) is 0 Å². The molecule has 0 radical (unpaired) electrons. The molecule has 0 saturated carbocycles. The van der Waals surface area contributed by atoms with E-state index in [-0.39, 0.29) is 5.92 Å². The van der Waals surface area contributed by atoms with Crippen LogP contribution in [0.2, 0.25) is 0 Å². The van der Waals surface area contributed by atoms with Gasteiger partial charge in [0.1, 0.15) is 5.82 Å². The van der Waals surface area contributed by atoms with Gasteiger partial charge in [0.25, 0.3) is 0 Å². The molecule has 0 saturated heterocycles. The van der Waals surface area contributed by atoms with Crippen LogP contribution in [0.5, 0.6) is 0 Å². The zero-order valence-corrected chi connectivity index (χ0v) is 7.17. The number of nitrogens with one attached hydrogen (secondary N) is 2. The van der Waals surface area contributed by atoms with Gasteiger partial charge in [-0.2, -0.15) is 5.26 Å². The molecular weight excluding hydrogens is 150 g/mol. The second kappa shape index (κ2) is 4.45. The normalized spacial score (nSPS) is 12.0. The topological polar surface area (TPSA) is 51.6 Å². The number of hydrogen-bond donors (Lipinski definition) is 2. The smallest absolute Gasteiger partial charge is 0.103 e. The molecule has 1 atom stereocenters. The Morgan fingerprint density at radius 1 is 1.75 bits per heavy atom. The third kappa shape index (κ3) is 2.31. The minimum absolute atomic E-state index is 0.105. The molecule has 0 aliphatic rings. The summed E-state index contributed by atoms with van der Waals surface area (Å²) in [6.07, 6.45) is 2.75. The molecule has 3 nitrogen and oxygen atoms in total. The van der Waals surface area contributed by atoms with Crippen LogP contribution in [0.1, 0.15) is 13.3 Å². The third-order valence-corrected chi connectivity index (χ3v) is 1.81. The van der Waals surface area contributed by atoms with E-state index in [0.717, 1.165) is 12.2 Å². The summed E-state index contributed by atoms with van der Waals surface area (Å²) in [6, 6.07) is 6.11. The minimum Gasteiger partial charge on any atom is -0.370 e. The van der Waals surface area contributed by atoms with Crippen molar-refractivity contribution in [3.63, 3.8) is 0 Å². The maximum absolute atomic E-state index is 8.65. The maximum Gasteiger partial charge on any atom is 0.103 e. The van der Waals surface area contributed by atoms with Gasteiger partial charge in [0.15, 0.2) is 0 Å². The Morgan fingerprint density at radius 3 is 3.08 bits per heavy atom. The third-order valence-electron chi connectivity index (χ3n) is 1.81. The first-order chi connectivity index (χ1) is 5.86. The van der Waals surface area contributed by atoms with Crippen LogP contribution in [-0.2, 0) is 0 Å². The zero-order valence-electron chi connectivity index (χ0n) is 7.17. The van der Waals surface area contributed by atoms with Crippen molar-refractivity contribution in [2.24, 2.45) is 5.92 Å². The summed E-state index contributed by atoms with van der Waals surface area (Å²) in [5.74, 6) is 1.08. The van der Waals surface area contributed by atoms with E-state index in [1.807, 2.05) is 25.3 Å². The first-order valence-electron chi connectivity index (χ1n) is 4.13. The summed E-state index contributed by atoms with van der Waals surface area (Å²) in [4.78, 5) is 3.02. The molecule has 3 heteroatoms. The number of H-pyrrole nitrogens is 1. The Morgan fingerprint density at radius 2 is 2.58 bits per heavy atom. The highest BCUT2D eigenvalue weighted by atomic mass is 15.0. The number of aromatic nitrogens is 1. The highest BCUT2D eigenvalue weighted by Gasteiger charge is 2.02. The van der Waals surface area contributed by atoms with Crippen LogP contribution in [0.25, 0.3) is 0 Å². The largest absolute Gasteiger partial charge is 0.370 e.